The molecule has 174 valence electrons. The SMILES string of the molecule is Clc1ccc(C(c2ccccc2)N2CCN(c3ncnc4c3cnn4-c3ccccc3)CC2)cc1. The Bertz CT molecular complexity index is 1410. The number of hydrogen-bond acceptors (Lipinski definition) is 5. The van der Waals surface area contributed by atoms with Crippen molar-refractivity contribution in [2.75, 3.05) is 31.1 Å². The standard InChI is InChI=1S/C28H25ClN6/c29-23-13-11-22(12-14-23)26(21-7-3-1-4-8-21)33-15-17-34(18-16-33)27-25-19-32-35(28(25)31-20-30-27)24-9-5-2-6-10-24/h1-14,19-20,26H,15-18H2. The van der Waals surface area contributed by atoms with Gasteiger partial charge in [-0.05, 0) is 35.4 Å². The van der Waals surface area contributed by atoms with Crippen LogP contribution in [0, 0.1) is 0 Å². The molecule has 0 bridgehead atoms. The highest BCUT2D eigenvalue weighted by molar-refractivity contribution is 6.30. The molecule has 0 amide bonds. The number of fused-ring (bicyclic) bond motifs is 1. The fourth-order valence-electron chi connectivity index (χ4n) is 4.93. The van der Waals surface area contributed by atoms with Crippen molar-refractivity contribution in [2.45, 2.75) is 6.04 Å². The number of hydrogen-bond donors (Lipinski definition) is 0. The van der Waals surface area contributed by atoms with Crippen LogP contribution in [0.5, 0.6) is 0 Å². The smallest absolute Gasteiger partial charge is 0.168 e. The van der Waals surface area contributed by atoms with Crippen LogP contribution in [0.1, 0.15) is 17.2 Å². The number of benzene rings is 3. The Hall–Kier alpha value is -3.74. The summed E-state index contributed by atoms with van der Waals surface area (Å²) in [5.41, 5.74) is 4.36. The maximum Gasteiger partial charge on any atom is 0.168 e. The lowest BCUT2D eigenvalue weighted by molar-refractivity contribution is 0.212. The largest absolute Gasteiger partial charge is 0.353 e. The summed E-state index contributed by atoms with van der Waals surface area (Å²) in [6, 6.07) is 29.2. The van der Waals surface area contributed by atoms with Gasteiger partial charge in [0.2, 0.25) is 0 Å². The van der Waals surface area contributed by atoms with Gasteiger partial charge < -0.3 is 4.90 Å². The van der Waals surface area contributed by atoms with E-state index in [9.17, 15) is 0 Å². The zero-order chi connectivity index (χ0) is 23.6. The van der Waals surface area contributed by atoms with Gasteiger partial charge in [0.1, 0.15) is 12.1 Å². The van der Waals surface area contributed by atoms with Crippen LogP contribution < -0.4 is 4.90 Å². The lowest BCUT2D eigenvalue weighted by Gasteiger charge is -2.40. The van der Waals surface area contributed by atoms with E-state index in [1.54, 1.807) is 6.33 Å². The molecule has 1 aliphatic rings. The van der Waals surface area contributed by atoms with Crippen molar-refractivity contribution < 1.29 is 0 Å². The molecule has 1 aliphatic heterocycles. The highest BCUT2D eigenvalue weighted by Gasteiger charge is 2.28. The highest BCUT2D eigenvalue weighted by atomic mass is 35.5. The third-order valence-corrected chi connectivity index (χ3v) is 6.88. The number of aromatic nitrogens is 4. The van der Waals surface area contributed by atoms with E-state index in [2.05, 4.69) is 67.3 Å². The first-order valence-corrected chi connectivity index (χ1v) is 12.2. The predicted octanol–water partition coefficient (Wildman–Crippen LogP) is 5.38. The number of piperazine rings is 1. The first-order valence-electron chi connectivity index (χ1n) is 11.8. The molecule has 6 nitrogen and oxygen atoms in total. The molecule has 1 atom stereocenters. The first kappa shape index (κ1) is 21.8. The van der Waals surface area contributed by atoms with Gasteiger partial charge in [0, 0.05) is 31.2 Å². The van der Waals surface area contributed by atoms with Crippen molar-refractivity contribution in [1.29, 1.82) is 0 Å². The van der Waals surface area contributed by atoms with Gasteiger partial charge in [0.05, 0.1) is 23.3 Å². The van der Waals surface area contributed by atoms with E-state index in [0.717, 1.165) is 53.7 Å². The van der Waals surface area contributed by atoms with Crippen LogP contribution in [0.4, 0.5) is 5.82 Å². The normalized spacial score (nSPS) is 15.4. The van der Waals surface area contributed by atoms with E-state index in [0.29, 0.717) is 0 Å². The summed E-state index contributed by atoms with van der Waals surface area (Å²) in [5.74, 6) is 0.944. The molecule has 0 radical (unpaired) electrons. The Kier molecular flexibility index (Phi) is 5.90. The molecule has 0 saturated carbocycles. The maximum absolute atomic E-state index is 6.18. The van der Waals surface area contributed by atoms with Gasteiger partial charge in [0.15, 0.2) is 5.65 Å². The van der Waals surface area contributed by atoms with Gasteiger partial charge in [-0.25, -0.2) is 14.6 Å². The Labute approximate surface area is 209 Å². The van der Waals surface area contributed by atoms with E-state index in [1.165, 1.54) is 11.1 Å². The number of anilines is 1. The molecule has 3 heterocycles. The molecule has 2 aromatic heterocycles. The number of halogens is 1. The molecular formula is C28H25ClN6. The minimum atomic E-state index is 0.182. The molecule has 1 unspecified atom stereocenters. The van der Waals surface area contributed by atoms with Crippen molar-refractivity contribution in [1.82, 2.24) is 24.6 Å². The molecule has 7 heteroatoms. The van der Waals surface area contributed by atoms with Crippen LogP contribution in [-0.4, -0.2) is 50.8 Å². The highest BCUT2D eigenvalue weighted by Crippen LogP contribution is 2.32. The number of para-hydroxylation sites is 1. The van der Waals surface area contributed by atoms with Gasteiger partial charge in [-0.2, -0.15) is 5.10 Å². The van der Waals surface area contributed by atoms with Gasteiger partial charge in [0.25, 0.3) is 0 Å². The second kappa shape index (κ2) is 9.49. The Morgan fingerprint density at radius 1 is 0.714 bits per heavy atom. The van der Waals surface area contributed by atoms with Crippen LogP contribution in [0.3, 0.4) is 0 Å². The average Bonchev–Trinajstić information content (AvgIpc) is 3.36. The van der Waals surface area contributed by atoms with E-state index in [1.807, 2.05) is 53.3 Å². The lowest BCUT2D eigenvalue weighted by Crippen LogP contribution is -2.48. The minimum absolute atomic E-state index is 0.182. The molecule has 6 rings (SSSR count). The van der Waals surface area contributed by atoms with Crippen molar-refractivity contribution in [3.63, 3.8) is 0 Å². The third kappa shape index (κ3) is 4.27. The Morgan fingerprint density at radius 3 is 2.09 bits per heavy atom. The summed E-state index contributed by atoms with van der Waals surface area (Å²) in [6.45, 7) is 3.58. The predicted molar refractivity (Wildman–Crippen MR) is 140 cm³/mol. The Balaban J connectivity index is 1.27. The molecule has 1 saturated heterocycles. The molecule has 0 aliphatic carbocycles. The zero-order valence-electron chi connectivity index (χ0n) is 19.2. The van der Waals surface area contributed by atoms with Crippen LogP contribution >= 0.6 is 11.6 Å². The monoisotopic (exact) mass is 480 g/mol. The summed E-state index contributed by atoms with van der Waals surface area (Å²) in [7, 11) is 0. The quantitative estimate of drug-likeness (QED) is 0.338. The van der Waals surface area contributed by atoms with Crippen LogP contribution in [0.15, 0.2) is 97.5 Å². The summed E-state index contributed by atoms with van der Waals surface area (Å²) in [5, 5.41) is 6.35. The Morgan fingerprint density at radius 2 is 1.37 bits per heavy atom. The zero-order valence-corrected chi connectivity index (χ0v) is 20.0. The van der Waals surface area contributed by atoms with Crippen LogP contribution in [-0.2, 0) is 0 Å². The van der Waals surface area contributed by atoms with Crippen molar-refractivity contribution in [3.05, 3.63) is 114 Å². The van der Waals surface area contributed by atoms with Gasteiger partial charge in [-0.3, -0.25) is 4.90 Å². The summed E-state index contributed by atoms with van der Waals surface area (Å²) < 4.78 is 1.88. The number of rotatable bonds is 5. The van der Waals surface area contributed by atoms with E-state index < -0.39 is 0 Å². The van der Waals surface area contributed by atoms with Crippen molar-refractivity contribution >= 4 is 28.5 Å². The fourth-order valence-corrected chi connectivity index (χ4v) is 5.05. The lowest BCUT2D eigenvalue weighted by atomic mass is 9.96. The van der Waals surface area contributed by atoms with Crippen molar-refractivity contribution in [3.8, 4) is 5.69 Å². The molecule has 0 N–H and O–H groups in total. The second-order valence-electron chi connectivity index (χ2n) is 8.71. The molecule has 35 heavy (non-hydrogen) atoms. The molecular weight excluding hydrogens is 456 g/mol. The third-order valence-electron chi connectivity index (χ3n) is 6.63. The molecule has 1 fully saturated rings. The molecule has 5 aromatic rings. The fraction of sp³-hybridized carbons (Fsp3) is 0.179. The number of nitrogens with zero attached hydrogens (tertiary/aromatic N) is 6. The summed E-state index contributed by atoms with van der Waals surface area (Å²) >= 11 is 6.18. The van der Waals surface area contributed by atoms with Crippen molar-refractivity contribution in [2.24, 2.45) is 0 Å². The van der Waals surface area contributed by atoms with E-state index in [-0.39, 0.29) is 6.04 Å². The maximum atomic E-state index is 6.18. The molecule has 0 spiro atoms. The van der Waals surface area contributed by atoms with Crippen LogP contribution in [0.2, 0.25) is 5.02 Å². The minimum Gasteiger partial charge on any atom is -0.353 e. The second-order valence-corrected chi connectivity index (χ2v) is 9.15. The molecule has 3 aromatic carbocycles. The van der Waals surface area contributed by atoms with Gasteiger partial charge in [-0.15, -0.1) is 0 Å². The van der Waals surface area contributed by atoms with E-state index in [4.69, 9.17) is 11.6 Å². The van der Waals surface area contributed by atoms with Gasteiger partial charge >= 0.3 is 0 Å². The topological polar surface area (TPSA) is 50.1 Å². The average molecular weight is 481 g/mol. The van der Waals surface area contributed by atoms with Gasteiger partial charge in [-0.1, -0.05) is 72.3 Å². The van der Waals surface area contributed by atoms with Crippen LogP contribution in [0.25, 0.3) is 16.7 Å². The first-order chi connectivity index (χ1) is 17.3. The summed E-state index contributed by atoms with van der Waals surface area (Å²) in [6.07, 6.45) is 3.52. The van der Waals surface area contributed by atoms with E-state index >= 15 is 0 Å². The summed E-state index contributed by atoms with van der Waals surface area (Å²) in [4.78, 5) is 14.1.